The van der Waals surface area contributed by atoms with Crippen molar-refractivity contribution >= 4 is 39.6 Å². The number of benzene rings is 3. The molecule has 1 N–H and O–H groups in total. The van der Waals surface area contributed by atoms with E-state index in [2.05, 4.69) is 21.2 Å². The van der Waals surface area contributed by atoms with Crippen LogP contribution in [0.1, 0.15) is 34.0 Å². The highest BCUT2D eigenvalue weighted by Gasteiger charge is 2.13. The van der Waals surface area contributed by atoms with Crippen molar-refractivity contribution < 1.29 is 18.7 Å². The largest absolute Gasteiger partial charge is 0.462 e. The van der Waals surface area contributed by atoms with Crippen molar-refractivity contribution in [2.24, 2.45) is 0 Å². The molecule has 5 nitrogen and oxygen atoms in total. The third-order valence-electron chi connectivity index (χ3n) is 4.71. The molecule has 0 unspecified atom stereocenters. The van der Waals surface area contributed by atoms with Gasteiger partial charge in [-0.25, -0.2) is 9.18 Å². The molecule has 0 aromatic heterocycles. The van der Waals surface area contributed by atoms with E-state index in [0.29, 0.717) is 23.2 Å². The Balaban J connectivity index is 1.82. The van der Waals surface area contributed by atoms with Gasteiger partial charge in [0.25, 0.3) is 5.91 Å². The Morgan fingerprint density at radius 3 is 2.55 bits per heavy atom. The first kappa shape index (κ1) is 23.9. The van der Waals surface area contributed by atoms with Crippen molar-refractivity contribution in [1.29, 1.82) is 5.26 Å². The smallest absolute Gasteiger partial charge is 0.338 e. The van der Waals surface area contributed by atoms with Crippen molar-refractivity contribution in [3.05, 3.63) is 105 Å². The van der Waals surface area contributed by atoms with Crippen LogP contribution in [0.4, 0.5) is 10.1 Å². The summed E-state index contributed by atoms with van der Waals surface area (Å²) in [6.45, 7) is 1.99. The van der Waals surface area contributed by atoms with Crippen LogP contribution in [0, 0.1) is 17.1 Å². The van der Waals surface area contributed by atoms with E-state index in [0.717, 1.165) is 15.6 Å². The lowest BCUT2D eigenvalue weighted by molar-refractivity contribution is -0.112. The second-order valence-electron chi connectivity index (χ2n) is 7.07. The molecule has 3 aromatic carbocycles. The summed E-state index contributed by atoms with van der Waals surface area (Å²) in [4.78, 5) is 24.5. The van der Waals surface area contributed by atoms with Gasteiger partial charge in [0.05, 0.1) is 12.2 Å². The van der Waals surface area contributed by atoms with Crippen LogP contribution in [0.2, 0.25) is 0 Å². The summed E-state index contributed by atoms with van der Waals surface area (Å²) in [7, 11) is 0. The minimum Gasteiger partial charge on any atom is -0.462 e. The molecule has 0 aliphatic carbocycles. The Bertz CT molecular complexity index is 1250. The molecule has 33 heavy (non-hydrogen) atoms. The minimum absolute atomic E-state index is 0.0944. The second-order valence-corrected chi connectivity index (χ2v) is 7.99. The summed E-state index contributed by atoms with van der Waals surface area (Å²) >= 11 is 3.42. The summed E-state index contributed by atoms with van der Waals surface area (Å²) in [6, 6.07) is 19.9. The molecular weight excluding hydrogens is 487 g/mol. The first-order valence-corrected chi connectivity index (χ1v) is 10.9. The number of amides is 1. The van der Waals surface area contributed by atoms with E-state index >= 15 is 0 Å². The zero-order valence-electron chi connectivity index (χ0n) is 17.8. The van der Waals surface area contributed by atoms with E-state index in [4.69, 9.17) is 4.74 Å². The molecule has 166 valence electrons. The summed E-state index contributed by atoms with van der Waals surface area (Å²) in [5, 5.41) is 12.3. The lowest BCUT2D eigenvalue weighted by Crippen LogP contribution is -2.14. The van der Waals surface area contributed by atoms with Crippen molar-refractivity contribution in [2.45, 2.75) is 13.3 Å². The van der Waals surface area contributed by atoms with Gasteiger partial charge in [0.2, 0.25) is 0 Å². The summed E-state index contributed by atoms with van der Waals surface area (Å²) in [5.74, 6) is -1.36. The van der Waals surface area contributed by atoms with E-state index in [1.165, 1.54) is 30.3 Å². The highest BCUT2D eigenvalue weighted by Crippen LogP contribution is 2.23. The monoisotopic (exact) mass is 506 g/mol. The fourth-order valence-electron chi connectivity index (χ4n) is 3.13. The van der Waals surface area contributed by atoms with Crippen molar-refractivity contribution in [1.82, 2.24) is 0 Å². The van der Waals surface area contributed by atoms with Crippen LogP contribution < -0.4 is 5.32 Å². The highest BCUT2D eigenvalue weighted by molar-refractivity contribution is 9.10. The van der Waals surface area contributed by atoms with Gasteiger partial charge in [-0.05, 0) is 84.6 Å². The molecule has 0 atom stereocenters. The number of carbonyl (C=O) groups is 2. The quantitative estimate of drug-likeness (QED) is 0.245. The normalized spacial score (nSPS) is 10.9. The van der Waals surface area contributed by atoms with Crippen molar-refractivity contribution in [2.75, 3.05) is 11.9 Å². The Morgan fingerprint density at radius 1 is 1.12 bits per heavy atom. The molecule has 3 rings (SSSR count). The standard InChI is InChI=1S/C26H20BrFN2O3/c1-2-33-26(32)18-7-10-24(11-8-18)30-25(31)21(16-29)14-20-15-22(27)9-6-19(20)12-17-4-3-5-23(28)13-17/h3-11,13-15H,2,12H2,1H3,(H,30,31)/b21-14+. The van der Waals surface area contributed by atoms with Gasteiger partial charge < -0.3 is 10.1 Å². The molecule has 0 heterocycles. The predicted molar refractivity (Wildman–Crippen MR) is 128 cm³/mol. The zero-order chi connectivity index (χ0) is 23.8. The number of ether oxygens (including phenoxy) is 1. The van der Waals surface area contributed by atoms with E-state index < -0.39 is 11.9 Å². The number of anilines is 1. The lowest BCUT2D eigenvalue weighted by atomic mass is 9.98. The molecule has 1 amide bonds. The number of hydrogen-bond acceptors (Lipinski definition) is 4. The average molecular weight is 507 g/mol. The predicted octanol–water partition coefficient (Wildman–Crippen LogP) is 5.90. The van der Waals surface area contributed by atoms with Crippen LogP contribution in [-0.4, -0.2) is 18.5 Å². The van der Waals surface area contributed by atoms with Crippen LogP contribution in [0.15, 0.2) is 76.8 Å². The number of rotatable bonds is 7. The number of esters is 1. The third-order valence-corrected chi connectivity index (χ3v) is 5.20. The van der Waals surface area contributed by atoms with E-state index in [9.17, 15) is 19.2 Å². The van der Waals surface area contributed by atoms with Gasteiger partial charge in [0.15, 0.2) is 0 Å². The molecule has 0 saturated carbocycles. The van der Waals surface area contributed by atoms with Gasteiger partial charge in [0, 0.05) is 10.2 Å². The van der Waals surface area contributed by atoms with Crippen LogP contribution in [-0.2, 0) is 16.0 Å². The molecule has 0 aliphatic rings. The van der Waals surface area contributed by atoms with Crippen molar-refractivity contribution in [3.8, 4) is 6.07 Å². The molecule has 7 heteroatoms. The molecule has 3 aromatic rings. The van der Waals surface area contributed by atoms with Gasteiger partial charge in [-0.3, -0.25) is 4.79 Å². The summed E-state index contributed by atoms with van der Waals surface area (Å²) in [6.07, 6.45) is 1.94. The fourth-order valence-corrected chi connectivity index (χ4v) is 3.51. The first-order valence-electron chi connectivity index (χ1n) is 10.1. The number of hydrogen-bond donors (Lipinski definition) is 1. The molecular formula is C26H20BrFN2O3. The summed E-state index contributed by atoms with van der Waals surface area (Å²) < 4.78 is 19.3. The van der Waals surface area contributed by atoms with Crippen molar-refractivity contribution in [3.63, 3.8) is 0 Å². The maximum absolute atomic E-state index is 13.6. The number of nitrogens with one attached hydrogen (secondary N) is 1. The molecule has 0 spiro atoms. The average Bonchev–Trinajstić information content (AvgIpc) is 2.79. The van der Waals surface area contributed by atoms with Gasteiger partial charge in [0.1, 0.15) is 17.5 Å². The van der Waals surface area contributed by atoms with E-state index in [1.807, 2.05) is 24.3 Å². The van der Waals surface area contributed by atoms with Crippen LogP contribution in [0.5, 0.6) is 0 Å². The first-order chi connectivity index (χ1) is 15.9. The van der Waals surface area contributed by atoms with E-state index in [1.54, 1.807) is 31.2 Å². The van der Waals surface area contributed by atoms with E-state index in [-0.39, 0.29) is 18.0 Å². The third kappa shape index (κ3) is 6.61. The zero-order valence-corrected chi connectivity index (χ0v) is 19.4. The molecule has 0 bridgehead atoms. The highest BCUT2D eigenvalue weighted by atomic mass is 79.9. The lowest BCUT2D eigenvalue weighted by Gasteiger charge is -2.09. The number of carbonyl (C=O) groups excluding carboxylic acids is 2. The number of nitriles is 1. The summed E-state index contributed by atoms with van der Waals surface area (Å²) in [5.41, 5.74) is 2.98. The SMILES string of the molecule is CCOC(=O)c1ccc(NC(=O)/C(C#N)=C/c2cc(Br)ccc2Cc2cccc(F)c2)cc1. The maximum atomic E-state index is 13.6. The molecule has 0 radical (unpaired) electrons. The molecule has 0 saturated heterocycles. The fraction of sp³-hybridized carbons (Fsp3) is 0.115. The Labute approximate surface area is 199 Å². The topological polar surface area (TPSA) is 79.2 Å². The van der Waals surface area contributed by atoms with Crippen LogP contribution in [0.25, 0.3) is 6.08 Å². The Hall–Kier alpha value is -3.76. The van der Waals surface area contributed by atoms with Gasteiger partial charge in [-0.1, -0.05) is 34.1 Å². The number of nitrogens with zero attached hydrogens (tertiary/aromatic N) is 1. The van der Waals surface area contributed by atoms with Crippen LogP contribution >= 0.6 is 15.9 Å². The minimum atomic E-state index is -0.585. The number of halogens is 2. The Kier molecular flexibility index (Phi) is 8.11. The Morgan fingerprint density at radius 2 is 1.88 bits per heavy atom. The van der Waals surface area contributed by atoms with Crippen LogP contribution in [0.3, 0.4) is 0 Å². The van der Waals surface area contributed by atoms with Gasteiger partial charge in [-0.2, -0.15) is 5.26 Å². The molecule has 0 fully saturated rings. The second kappa shape index (κ2) is 11.2. The molecule has 0 aliphatic heterocycles. The van der Waals surface area contributed by atoms with Gasteiger partial charge in [-0.15, -0.1) is 0 Å². The maximum Gasteiger partial charge on any atom is 0.338 e. The van der Waals surface area contributed by atoms with Gasteiger partial charge >= 0.3 is 5.97 Å².